The zero-order valence-corrected chi connectivity index (χ0v) is 15.2. The quantitative estimate of drug-likeness (QED) is 0.788. The number of rotatable bonds is 6. The number of amides is 2. The molecular weight excluding hydrogens is 344 g/mol. The van der Waals surface area contributed by atoms with Crippen LogP contribution in [-0.2, 0) is 27.2 Å². The van der Waals surface area contributed by atoms with Gasteiger partial charge in [0, 0.05) is 37.5 Å². The molecule has 8 nitrogen and oxygen atoms in total. The van der Waals surface area contributed by atoms with Crippen LogP contribution in [0, 0.1) is 0 Å². The number of carbonyl (C=O) groups is 2. The minimum absolute atomic E-state index is 0.0216. The van der Waals surface area contributed by atoms with Crippen LogP contribution in [0.1, 0.15) is 30.3 Å². The largest absolute Gasteiger partial charge is 0.450 e. The molecule has 1 aromatic heterocycles. The van der Waals surface area contributed by atoms with Crippen molar-refractivity contribution in [3.63, 3.8) is 0 Å². The van der Waals surface area contributed by atoms with Crippen LogP contribution in [0.5, 0.6) is 0 Å². The van der Waals surface area contributed by atoms with Crippen LogP contribution in [0.4, 0.5) is 9.93 Å². The van der Waals surface area contributed by atoms with Gasteiger partial charge in [0.2, 0.25) is 5.91 Å². The first-order valence-electron chi connectivity index (χ1n) is 8.67. The monoisotopic (exact) mass is 368 g/mol. The Morgan fingerprint density at radius 3 is 3.12 bits per heavy atom. The Kier molecular flexibility index (Phi) is 6.22. The number of ether oxygens (including phenoxy) is 2. The number of hydrogen-bond donors (Lipinski definition) is 2. The Bertz CT molecular complexity index is 615. The first kappa shape index (κ1) is 18.1. The Labute approximate surface area is 150 Å². The molecule has 2 aliphatic heterocycles. The van der Waals surface area contributed by atoms with Crippen molar-refractivity contribution < 1.29 is 19.1 Å². The predicted octanol–water partition coefficient (Wildman–Crippen LogP) is 1.36. The summed E-state index contributed by atoms with van der Waals surface area (Å²) < 4.78 is 10.4. The molecule has 3 heterocycles. The van der Waals surface area contributed by atoms with Crippen LogP contribution in [-0.4, -0.2) is 60.8 Å². The Hall–Kier alpha value is -1.71. The maximum atomic E-state index is 12.1. The van der Waals surface area contributed by atoms with Gasteiger partial charge in [0.15, 0.2) is 5.13 Å². The highest BCUT2D eigenvalue weighted by molar-refractivity contribution is 7.15. The molecule has 3 rings (SSSR count). The third-order valence-electron chi connectivity index (χ3n) is 4.21. The minimum atomic E-state index is -0.487. The highest BCUT2D eigenvalue weighted by Crippen LogP contribution is 2.28. The Balaban J connectivity index is 1.46. The van der Waals surface area contributed by atoms with Crippen molar-refractivity contribution >= 4 is 28.5 Å². The maximum Gasteiger partial charge on any atom is 0.413 e. The van der Waals surface area contributed by atoms with Crippen LogP contribution in [0.2, 0.25) is 0 Å². The summed E-state index contributed by atoms with van der Waals surface area (Å²) in [5.74, 6) is 0.0216. The molecule has 25 heavy (non-hydrogen) atoms. The lowest BCUT2D eigenvalue weighted by molar-refractivity contribution is -0.122. The number of hydrogen-bond acceptors (Lipinski definition) is 7. The van der Waals surface area contributed by atoms with Crippen molar-refractivity contribution in [1.82, 2.24) is 15.2 Å². The third-order valence-corrected chi connectivity index (χ3v) is 5.21. The van der Waals surface area contributed by atoms with Crippen molar-refractivity contribution in [2.45, 2.75) is 38.8 Å². The summed E-state index contributed by atoms with van der Waals surface area (Å²) in [6, 6.07) is 0. The molecule has 9 heteroatoms. The minimum Gasteiger partial charge on any atom is -0.450 e. The van der Waals surface area contributed by atoms with E-state index in [1.807, 2.05) is 0 Å². The molecule has 0 aromatic carbocycles. The first-order chi connectivity index (χ1) is 12.1. The van der Waals surface area contributed by atoms with E-state index in [0.717, 1.165) is 43.0 Å². The summed E-state index contributed by atoms with van der Waals surface area (Å²) >= 11 is 1.44. The summed E-state index contributed by atoms with van der Waals surface area (Å²) in [6.45, 7) is 5.29. The molecular formula is C16H24N4O4S. The number of carbonyl (C=O) groups excluding carboxylic acids is 2. The van der Waals surface area contributed by atoms with E-state index in [0.29, 0.717) is 31.4 Å². The Morgan fingerprint density at radius 2 is 2.36 bits per heavy atom. The van der Waals surface area contributed by atoms with Gasteiger partial charge in [-0.15, -0.1) is 0 Å². The predicted molar refractivity (Wildman–Crippen MR) is 93.7 cm³/mol. The van der Waals surface area contributed by atoms with Crippen molar-refractivity contribution in [2.24, 2.45) is 0 Å². The number of nitrogens with one attached hydrogen (secondary N) is 2. The van der Waals surface area contributed by atoms with E-state index in [2.05, 4.69) is 20.5 Å². The topological polar surface area (TPSA) is 92.8 Å². The Morgan fingerprint density at radius 1 is 1.48 bits per heavy atom. The van der Waals surface area contributed by atoms with Crippen molar-refractivity contribution in [3.05, 3.63) is 10.6 Å². The van der Waals surface area contributed by atoms with Gasteiger partial charge in [-0.05, 0) is 19.8 Å². The fourth-order valence-corrected chi connectivity index (χ4v) is 4.02. The van der Waals surface area contributed by atoms with Gasteiger partial charge in [-0.2, -0.15) is 0 Å². The summed E-state index contributed by atoms with van der Waals surface area (Å²) in [4.78, 5) is 31.2. The average molecular weight is 368 g/mol. The summed E-state index contributed by atoms with van der Waals surface area (Å²) in [5, 5.41) is 6.14. The summed E-state index contributed by atoms with van der Waals surface area (Å²) in [7, 11) is 0. The second-order valence-electron chi connectivity index (χ2n) is 6.13. The van der Waals surface area contributed by atoms with E-state index in [1.54, 1.807) is 6.92 Å². The number of anilines is 1. The van der Waals surface area contributed by atoms with Gasteiger partial charge in [0.05, 0.1) is 24.9 Å². The zero-order valence-electron chi connectivity index (χ0n) is 14.4. The second-order valence-corrected chi connectivity index (χ2v) is 7.22. The van der Waals surface area contributed by atoms with Gasteiger partial charge < -0.3 is 14.8 Å². The van der Waals surface area contributed by atoms with Crippen LogP contribution >= 0.6 is 11.3 Å². The molecule has 1 unspecified atom stereocenters. The maximum absolute atomic E-state index is 12.1. The molecule has 0 radical (unpaired) electrons. The van der Waals surface area contributed by atoms with Gasteiger partial charge >= 0.3 is 6.09 Å². The molecule has 138 valence electrons. The number of aromatic nitrogens is 1. The SMILES string of the molecule is CCOC(=O)Nc1nc2c(s1)CN(CC(=O)NCC1CCCO1)CC2. The van der Waals surface area contributed by atoms with Crippen LogP contribution in [0.25, 0.3) is 0 Å². The van der Waals surface area contributed by atoms with E-state index >= 15 is 0 Å². The number of fused-ring (bicyclic) bond motifs is 1. The summed E-state index contributed by atoms with van der Waals surface area (Å²) in [5.41, 5.74) is 0.993. The third kappa shape index (κ3) is 5.13. The van der Waals surface area contributed by atoms with E-state index in [4.69, 9.17) is 9.47 Å². The van der Waals surface area contributed by atoms with Crippen molar-refractivity contribution in [3.8, 4) is 0 Å². The zero-order chi connectivity index (χ0) is 17.6. The number of nitrogens with zero attached hydrogens (tertiary/aromatic N) is 2. The van der Waals surface area contributed by atoms with Crippen LogP contribution in [0.3, 0.4) is 0 Å². The van der Waals surface area contributed by atoms with Crippen LogP contribution in [0.15, 0.2) is 0 Å². The second kappa shape index (κ2) is 8.59. The molecule has 1 atom stereocenters. The highest BCUT2D eigenvalue weighted by Gasteiger charge is 2.23. The van der Waals surface area contributed by atoms with E-state index in [-0.39, 0.29) is 12.0 Å². The number of thiazole rings is 1. The molecule has 1 saturated heterocycles. The standard InChI is InChI=1S/C16H24N4O4S/c1-2-23-16(22)19-15-18-12-5-6-20(9-13(12)25-15)10-14(21)17-8-11-4-3-7-24-11/h11H,2-10H2,1H3,(H,17,21)(H,18,19,22). The highest BCUT2D eigenvalue weighted by atomic mass is 32.1. The van der Waals surface area contributed by atoms with Crippen molar-refractivity contribution in [1.29, 1.82) is 0 Å². The normalized spacial score (nSPS) is 20.1. The fraction of sp³-hybridized carbons (Fsp3) is 0.688. The molecule has 1 aromatic rings. The molecule has 0 saturated carbocycles. The van der Waals surface area contributed by atoms with Crippen molar-refractivity contribution in [2.75, 3.05) is 38.2 Å². The smallest absolute Gasteiger partial charge is 0.413 e. The average Bonchev–Trinajstić information content (AvgIpc) is 3.21. The van der Waals surface area contributed by atoms with E-state index in [9.17, 15) is 9.59 Å². The van der Waals surface area contributed by atoms with E-state index in [1.165, 1.54) is 11.3 Å². The first-order valence-corrected chi connectivity index (χ1v) is 9.48. The van der Waals surface area contributed by atoms with Gasteiger partial charge in [-0.3, -0.25) is 15.0 Å². The lowest BCUT2D eigenvalue weighted by atomic mass is 10.2. The molecule has 1 fully saturated rings. The molecule has 2 aliphatic rings. The van der Waals surface area contributed by atoms with Gasteiger partial charge in [0.1, 0.15) is 0 Å². The molecule has 0 aliphatic carbocycles. The van der Waals surface area contributed by atoms with Gasteiger partial charge in [-0.25, -0.2) is 9.78 Å². The molecule has 2 N–H and O–H groups in total. The van der Waals surface area contributed by atoms with Crippen LogP contribution < -0.4 is 10.6 Å². The molecule has 2 amide bonds. The molecule has 0 spiro atoms. The van der Waals surface area contributed by atoms with Gasteiger partial charge in [-0.1, -0.05) is 11.3 Å². The lowest BCUT2D eigenvalue weighted by Gasteiger charge is -2.25. The fourth-order valence-electron chi connectivity index (χ4n) is 2.98. The summed E-state index contributed by atoms with van der Waals surface area (Å²) in [6.07, 6.45) is 2.54. The van der Waals surface area contributed by atoms with Gasteiger partial charge in [0.25, 0.3) is 0 Å². The lowest BCUT2D eigenvalue weighted by Crippen LogP contribution is -2.41. The van der Waals surface area contributed by atoms with E-state index < -0.39 is 6.09 Å². The molecule has 0 bridgehead atoms.